The molecular formula is C24H31N5O8S. The monoisotopic (exact) mass is 549 g/mol. The fraction of sp³-hybridized carbons (Fsp3) is 0.458. The Balaban J connectivity index is 0.000000550. The molecule has 3 N–H and O–H groups in total. The molecule has 13 nitrogen and oxygen atoms in total. The molecule has 1 unspecified atom stereocenters. The number of carbonyl (C=O) groups is 4. The lowest BCUT2D eigenvalue weighted by molar-refractivity contribution is -0.140. The van der Waals surface area contributed by atoms with Gasteiger partial charge in [-0.2, -0.15) is 0 Å². The largest absolute Gasteiger partial charge is 0.478 e. The van der Waals surface area contributed by atoms with Gasteiger partial charge >= 0.3 is 23.9 Å². The highest BCUT2D eigenvalue weighted by Crippen LogP contribution is 2.37. The van der Waals surface area contributed by atoms with Gasteiger partial charge in [0.2, 0.25) is 5.16 Å². The summed E-state index contributed by atoms with van der Waals surface area (Å²) < 4.78 is 12.8. The second-order valence-corrected chi connectivity index (χ2v) is 9.80. The maximum atomic E-state index is 12.2. The van der Waals surface area contributed by atoms with Gasteiger partial charge < -0.3 is 25.0 Å². The number of carbonyl (C=O) groups excluding carboxylic acids is 2. The van der Waals surface area contributed by atoms with Crippen molar-refractivity contribution < 1.29 is 38.9 Å². The van der Waals surface area contributed by atoms with E-state index in [0.717, 1.165) is 29.2 Å². The van der Waals surface area contributed by atoms with E-state index in [1.807, 2.05) is 12.1 Å². The number of aromatic nitrogens is 4. The molecule has 38 heavy (non-hydrogen) atoms. The summed E-state index contributed by atoms with van der Waals surface area (Å²) in [4.78, 5) is 43.5. The van der Waals surface area contributed by atoms with Crippen molar-refractivity contribution in [1.82, 2.24) is 25.5 Å². The fourth-order valence-corrected chi connectivity index (χ4v) is 3.99. The Kier molecular flexibility index (Phi) is 11.4. The summed E-state index contributed by atoms with van der Waals surface area (Å²) >= 11 is 1.54. The Morgan fingerprint density at radius 3 is 2.08 bits per heavy atom. The summed E-state index contributed by atoms with van der Waals surface area (Å²) in [5, 5.41) is 31.4. The van der Waals surface area contributed by atoms with E-state index < -0.39 is 11.9 Å². The average Bonchev–Trinajstić information content (AvgIpc) is 3.26. The minimum absolute atomic E-state index is 0.0156. The first-order valence-electron chi connectivity index (χ1n) is 11.7. The molecule has 0 amide bonds. The zero-order valence-corrected chi connectivity index (χ0v) is 22.5. The number of benzene rings is 1. The zero-order valence-electron chi connectivity index (χ0n) is 21.7. The van der Waals surface area contributed by atoms with Gasteiger partial charge in [0.25, 0.3) is 0 Å². The lowest BCUT2D eigenvalue weighted by Crippen LogP contribution is -2.31. The summed E-state index contributed by atoms with van der Waals surface area (Å²) in [7, 11) is 1.80. The van der Waals surface area contributed by atoms with E-state index in [9.17, 15) is 19.2 Å². The summed E-state index contributed by atoms with van der Waals surface area (Å²) in [5.74, 6) is -2.61. The lowest BCUT2D eigenvalue weighted by Gasteiger charge is -2.28. The van der Waals surface area contributed by atoms with Crippen molar-refractivity contribution in [2.45, 2.75) is 45.3 Å². The molecule has 0 fully saturated rings. The van der Waals surface area contributed by atoms with Crippen LogP contribution >= 0.6 is 11.8 Å². The Hall–Kier alpha value is -3.78. The van der Waals surface area contributed by atoms with Crippen molar-refractivity contribution in [2.75, 3.05) is 12.3 Å². The Morgan fingerprint density at radius 1 is 1.05 bits per heavy atom. The van der Waals surface area contributed by atoms with E-state index in [2.05, 4.69) is 20.8 Å². The number of fused-ring (bicyclic) bond motifs is 1. The highest BCUT2D eigenvalue weighted by atomic mass is 32.2. The van der Waals surface area contributed by atoms with Crippen molar-refractivity contribution >= 4 is 35.6 Å². The number of tetrazole rings is 1. The van der Waals surface area contributed by atoms with Gasteiger partial charge in [-0.25, -0.2) is 14.3 Å². The Morgan fingerprint density at radius 2 is 1.61 bits per heavy atom. The second kappa shape index (κ2) is 14.2. The van der Waals surface area contributed by atoms with Crippen LogP contribution in [0.15, 0.2) is 29.4 Å². The van der Waals surface area contributed by atoms with E-state index in [0.29, 0.717) is 17.9 Å². The molecule has 2 heterocycles. The van der Waals surface area contributed by atoms with Crippen LogP contribution in [0.25, 0.3) is 0 Å². The van der Waals surface area contributed by atoms with Gasteiger partial charge in [0, 0.05) is 31.0 Å². The number of rotatable bonds is 9. The molecule has 0 bridgehead atoms. The molecular weight excluding hydrogens is 518 g/mol. The van der Waals surface area contributed by atoms with Crippen molar-refractivity contribution in [2.24, 2.45) is 18.9 Å². The van der Waals surface area contributed by atoms with Crippen LogP contribution in [0.5, 0.6) is 11.5 Å². The number of carboxylic acids is 2. The molecule has 0 saturated carbocycles. The summed E-state index contributed by atoms with van der Waals surface area (Å²) in [6.07, 6.45) is 1.90. The van der Waals surface area contributed by atoms with Crippen LogP contribution in [0.3, 0.4) is 0 Å². The third-order valence-electron chi connectivity index (χ3n) is 5.06. The maximum absolute atomic E-state index is 12.2. The van der Waals surface area contributed by atoms with E-state index in [4.69, 9.17) is 19.7 Å². The molecule has 1 aromatic heterocycles. The predicted molar refractivity (Wildman–Crippen MR) is 136 cm³/mol. The smallest absolute Gasteiger partial charge is 0.328 e. The lowest BCUT2D eigenvalue weighted by atomic mass is 9.94. The molecule has 1 aliphatic rings. The molecule has 0 saturated heterocycles. The quantitative estimate of drug-likeness (QED) is 0.179. The topological polar surface area (TPSA) is 183 Å². The average molecular weight is 550 g/mol. The van der Waals surface area contributed by atoms with Gasteiger partial charge in [0.05, 0.1) is 11.8 Å². The minimum Gasteiger partial charge on any atom is -0.478 e. The van der Waals surface area contributed by atoms with E-state index in [-0.39, 0.29) is 41.3 Å². The molecule has 1 aliphatic heterocycles. The fourth-order valence-electron chi connectivity index (χ4n) is 3.05. The number of nitrogens with one attached hydrogen (secondary N) is 1. The van der Waals surface area contributed by atoms with Gasteiger partial charge in [-0.1, -0.05) is 39.5 Å². The normalized spacial score (nSPS) is 14.6. The minimum atomic E-state index is -1.26. The van der Waals surface area contributed by atoms with Gasteiger partial charge in [-0.05, 0) is 46.7 Å². The number of nitrogens with zero attached hydrogens (tertiary/aromatic N) is 4. The number of ether oxygens (including phenoxy) is 2. The van der Waals surface area contributed by atoms with Crippen LogP contribution in [0.4, 0.5) is 0 Å². The zero-order chi connectivity index (χ0) is 28.4. The van der Waals surface area contributed by atoms with Crippen LogP contribution in [-0.4, -0.2) is 66.6 Å². The van der Waals surface area contributed by atoms with E-state index >= 15 is 0 Å². The van der Waals surface area contributed by atoms with Crippen LogP contribution in [-0.2, 0) is 32.6 Å². The maximum Gasteiger partial charge on any atom is 0.328 e. The highest BCUT2D eigenvalue weighted by molar-refractivity contribution is 7.99. The Bertz CT molecular complexity index is 1180. The molecule has 14 heteroatoms. The van der Waals surface area contributed by atoms with Crippen molar-refractivity contribution in [3.8, 4) is 11.5 Å². The first-order chi connectivity index (χ1) is 17.9. The summed E-state index contributed by atoms with van der Waals surface area (Å²) in [6, 6.07) is 3.65. The second-order valence-electron chi connectivity index (χ2n) is 8.81. The van der Waals surface area contributed by atoms with Crippen LogP contribution in [0.2, 0.25) is 0 Å². The van der Waals surface area contributed by atoms with Gasteiger partial charge in [-0.15, -0.1) is 5.10 Å². The molecule has 0 aliphatic carbocycles. The molecule has 2 aromatic rings. The van der Waals surface area contributed by atoms with Crippen molar-refractivity contribution in [3.05, 3.63) is 35.4 Å². The van der Waals surface area contributed by atoms with Crippen LogP contribution in [0.1, 0.15) is 44.9 Å². The number of carboxylic acid groups (broad SMARTS) is 2. The number of hydrogen-bond acceptors (Lipinski definition) is 11. The molecule has 3 rings (SSSR count). The SMILES string of the molecule is CC(C)C(=O)Oc1cc2c(cc1OC(=O)C(C)C)C(CSc1nnnn1C)NCC2.O=C(O)C=CC(=O)O. The van der Waals surface area contributed by atoms with Gasteiger partial charge in [-0.3, -0.25) is 9.59 Å². The van der Waals surface area contributed by atoms with Crippen LogP contribution < -0.4 is 14.8 Å². The van der Waals surface area contributed by atoms with E-state index in [1.165, 1.54) is 11.8 Å². The molecule has 0 spiro atoms. The number of aliphatic carboxylic acids is 2. The Labute approximate surface area is 223 Å². The molecule has 206 valence electrons. The molecule has 1 atom stereocenters. The first-order valence-corrected chi connectivity index (χ1v) is 12.7. The van der Waals surface area contributed by atoms with E-state index in [1.54, 1.807) is 39.4 Å². The predicted octanol–water partition coefficient (Wildman–Crippen LogP) is 2.02. The summed E-state index contributed by atoms with van der Waals surface area (Å²) in [6.45, 7) is 7.84. The molecule has 0 radical (unpaired) electrons. The van der Waals surface area contributed by atoms with Gasteiger partial charge in [0.1, 0.15) is 0 Å². The number of aryl methyl sites for hydroxylation is 1. The number of hydrogen-bond donors (Lipinski definition) is 3. The standard InChI is InChI=1S/C20H27N5O4S.C4H4O4/c1-11(2)18(26)28-16-8-13-6-7-21-15(10-30-20-22-23-24-25(20)5)14(13)9-17(16)29-19(27)12(3)4;5-3(6)1-2-4(7)8/h8-9,11-12,15,21H,6-7,10H2,1-5H3;1-2H,(H,5,6)(H,7,8). The third kappa shape index (κ3) is 9.27. The number of thioether (sulfide) groups is 1. The first kappa shape index (κ1) is 30.4. The summed E-state index contributed by atoms with van der Waals surface area (Å²) in [5.41, 5.74) is 2.08. The molecule has 1 aromatic carbocycles. The van der Waals surface area contributed by atoms with Crippen molar-refractivity contribution in [3.63, 3.8) is 0 Å². The van der Waals surface area contributed by atoms with Crippen molar-refractivity contribution in [1.29, 1.82) is 0 Å². The highest BCUT2D eigenvalue weighted by Gasteiger charge is 2.26. The third-order valence-corrected chi connectivity index (χ3v) is 6.16. The van der Waals surface area contributed by atoms with Gasteiger partial charge in [0.15, 0.2) is 11.5 Å². The van der Waals surface area contributed by atoms with Crippen LogP contribution in [0, 0.1) is 11.8 Å². The number of esters is 2.